The highest BCUT2D eigenvalue weighted by atomic mass is 16.5. The van der Waals surface area contributed by atoms with E-state index in [1.54, 1.807) is 14.2 Å². The second-order valence-corrected chi connectivity index (χ2v) is 5.98. The van der Waals surface area contributed by atoms with Crippen LogP contribution in [0.4, 0.5) is 5.69 Å². The van der Waals surface area contributed by atoms with Crippen LogP contribution in [-0.4, -0.2) is 26.8 Å². The summed E-state index contributed by atoms with van der Waals surface area (Å²) < 4.78 is 10.8. The van der Waals surface area contributed by atoms with E-state index in [2.05, 4.69) is 53.5 Å². The molecule has 1 atom stereocenters. The zero-order chi connectivity index (χ0) is 16.2. The summed E-state index contributed by atoms with van der Waals surface area (Å²) in [5, 5.41) is 3.57. The van der Waals surface area contributed by atoms with Crippen molar-refractivity contribution < 1.29 is 9.47 Å². The number of hydrogen-bond acceptors (Lipinski definition) is 4. The molecule has 2 aromatic carbocycles. The van der Waals surface area contributed by atoms with Crippen molar-refractivity contribution in [3.63, 3.8) is 0 Å². The van der Waals surface area contributed by atoms with Crippen LogP contribution in [0.15, 0.2) is 42.5 Å². The first-order valence-electron chi connectivity index (χ1n) is 7.98. The van der Waals surface area contributed by atoms with Crippen LogP contribution in [0.1, 0.15) is 18.1 Å². The molecule has 1 aliphatic heterocycles. The number of methoxy groups -OCH3 is 2. The average Bonchev–Trinajstić information content (AvgIpc) is 2.74. The highest BCUT2D eigenvalue weighted by Gasteiger charge is 2.19. The molecule has 0 saturated carbocycles. The number of fused-ring (bicyclic) bond motifs is 1. The number of anilines is 1. The second-order valence-electron chi connectivity index (χ2n) is 5.98. The van der Waals surface area contributed by atoms with E-state index in [0.29, 0.717) is 6.04 Å². The third kappa shape index (κ3) is 3.42. The van der Waals surface area contributed by atoms with Crippen molar-refractivity contribution in [3.05, 3.63) is 53.6 Å². The minimum atomic E-state index is 0.447. The van der Waals surface area contributed by atoms with Gasteiger partial charge in [-0.15, -0.1) is 0 Å². The Kier molecular flexibility index (Phi) is 4.72. The molecule has 0 fully saturated rings. The van der Waals surface area contributed by atoms with E-state index < -0.39 is 0 Å². The second kappa shape index (κ2) is 6.92. The summed E-state index contributed by atoms with van der Waals surface area (Å²) >= 11 is 0. The van der Waals surface area contributed by atoms with Gasteiger partial charge in [0, 0.05) is 31.4 Å². The Morgan fingerprint density at radius 1 is 1.09 bits per heavy atom. The van der Waals surface area contributed by atoms with Gasteiger partial charge in [-0.05, 0) is 36.2 Å². The average molecular weight is 312 g/mol. The van der Waals surface area contributed by atoms with Crippen molar-refractivity contribution in [2.45, 2.75) is 26.1 Å². The Hall–Kier alpha value is -2.20. The third-order valence-corrected chi connectivity index (χ3v) is 4.29. The van der Waals surface area contributed by atoms with Crippen molar-refractivity contribution in [1.29, 1.82) is 0 Å². The molecule has 0 amide bonds. The van der Waals surface area contributed by atoms with Gasteiger partial charge in [-0.1, -0.05) is 24.3 Å². The Bertz CT molecular complexity index is 672. The lowest BCUT2D eigenvalue weighted by molar-refractivity contribution is 0.354. The van der Waals surface area contributed by atoms with E-state index in [1.165, 1.54) is 16.8 Å². The first kappa shape index (κ1) is 15.7. The largest absolute Gasteiger partial charge is 0.493 e. The monoisotopic (exact) mass is 312 g/mol. The standard InChI is InChI=1S/C19H24N2O2/c1-14-12-21(17-7-5-4-6-16(17)11-20-14)13-15-8-9-18(22-2)19(10-15)23-3/h4-10,14,20H,11-13H2,1-3H3. The van der Waals surface area contributed by atoms with Crippen LogP contribution < -0.4 is 19.7 Å². The van der Waals surface area contributed by atoms with Gasteiger partial charge in [0.15, 0.2) is 11.5 Å². The van der Waals surface area contributed by atoms with E-state index >= 15 is 0 Å². The fourth-order valence-corrected chi connectivity index (χ4v) is 3.10. The smallest absolute Gasteiger partial charge is 0.161 e. The third-order valence-electron chi connectivity index (χ3n) is 4.29. The number of rotatable bonds is 4. The van der Waals surface area contributed by atoms with Crippen LogP contribution in [0.3, 0.4) is 0 Å². The fraction of sp³-hybridized carbons (Fsp3) is 0.368. The van der Waals surface area contributed by atoms with Crippen molar-refractivity contribution in [2.75, 3.05) is 25.7 Å². The van der Waals surface area contributed by atoms with Crippen LogP contribution in [0.2, 0.25) is 0 Å². The van der Waals surface area contributed by atoms with Gasteiger partial charge in [-0.2, -0.15) is 0 Å². The molecule has 0 bridgehead atoms. The van der Waals surface area contributed by atoms with Gasteiger partial charge in [0.2, 0.25) is 0 Å². The number of nitrogens with zero attached hydrogens (tertiary/aromatic N) is 1. The van der Waals surface area contributed by atoms with Crippen molar-refractivity contribution >= 4 is 5.69 Å². The molecule has 1 heterocycles. The quantitative estimate of drug-likeness (QED) is 0.940. The molecular weight excluding hydrogens is 288 g/mol. The predicted octanol–water partition coefficient (Wildman–Crippen LogP) is 3.20. The Labute approximate surface area is 138 Å². The first-order chi connectivity index (χ1) is 11.2. The molecule has 0 radical (unpaired) electrons. The summed E-state index contributed by atoms with van der Waals surface area (Å²) in [5.41, 5.74) is 3.86. The van der Waals surface area contributed by atoms with E-state index in [4.69, 9.17) is 9.47 Å². The lowest BCUT2D eigenvalue weighted by Crippen LogP contribution is -2.35. The number of hydrogen-bond donors (Lipinski definition) is 1. The van der Waals surface area contributed by atoms with Gasteiger partial charge in [-0.25, -0.2) is 0 Å². The lowest BCUT2D eigenvalue weighted by atomic mass is 10.1. The zero-order valence-electron chi connectivity index (χ0n) is 14.0. The molecule has 23 heavy (non-hydrogen) atoms. The summed E-state index contributed by atoms with van der Waals surface area (Å²) in [5.74, 6) is 1.54. The molecule has 122 valence electrons. The molecular formula is C19H24N2O2. The Balaban J connectivity index is 1.89. The molecule has 0 spiro atoms. The topological polar surface area (TPSA) is 33.7 Å². The van der Waals surface area contributed by atoms with Crippen LogP contribution in [0, 0.1) is 0 Å². The van der Waals surface area contributed by atoms with Gasteiger partial charge < -0.3 is 19.7 Å². The van der Waals surface area contributed by atoms with E-state index in [0.717, 1.165) is 31.1 Å². The number of para-hydroxylation sites is 1. The molecule has 0 aromatic heterocycles. The molecule has 4 heteroatoms. The normalized spacial score (nSPS) is 17.3. The predicted molar refractivity (Wildman–Crippen MR) is 93.3 cm³/mol. The summed E-state index contributed by atoms with van der Waals surface area (Å²) in [6.45, 7) is 4.97. The Morgan fingerprint density at radius 3 is 2.65 bits per heavy atom. The number of ether oxygens (including phenoxy) is 2. The van der Waals surface area contributed by atoms with E-state index in [1.807, 2.05) is 6.07 Å². The van der Waals surface area contributed by atoms with Gasteiger partial charge in [0.05, 0.1) is 14.2 Å². The lowest BCUT2D eigenvalue weighted by Gasteiger charge is -2.27. The molecule has 2 aromatic rings. The molecule has 0 saturated heterocycles. The fourth-order valence-electron chi connectivity index (χ4n) is 3.10. The van der Waals surface area contributed by atoms with Crippen molar-refractivity contribution in [1.82, 2.24) is 5.32 Å². The van der Waals surface area contributed by atoms with Gasteiger partial charge in [0.25, 0.3) is 0 Å². The minimum absolute atomic E-state index is 0.447. The highest BCUT2D eigenvalue weighted by molar-refractivity contribution is 5.55. The molecule has 4 nitrogen and oxygen atoms in total. The highest BCUT2D eigenvalue weighted by Crippen LogP contribution is 2.30. The SMILES string of the molecule is COc1ccc(CN2CC(C)NCc3ccccc32)cc1OC. The molecule has 1 unspecified atom stereocenters. The maximum atomic E-state index is 5.43. The van der Waals surface area contributed by atoms with Crippen LogP contribution in [0.5, 0.6) is 11.5 Å². The Morgan fingerprint density at radius 2 is 1.87 bits per heavy atom. The maximum Gasteiger partial charge on any atom is 0.161 e. The van der Waals surface area contributed by atoms with Gasteiger partial charge >= 0.3 is 0 Å². The van der Waals surface area contributed by atoms with Crippen LogP contribution >= 0.6 is 0 Å². The summed E-state index contributed by atoms with van der Waals surface area (Å²) in [6, 6.07) is 15.2. The molecule has 3 rings (SSSR count). The van der Waals surface area contributed by atoms with Crippen LogP contribution in [-0.2, 0) is 13.1 Å². The molecule has 1 aliphatic rings. The van der Waals surface area contributed by atoms with E-state index in [-0.39, 0.29) is 0 Å². The first-order valence-corrected chi connectivity index (χ1v) is 7.98. The van der Waals surface area contributed by atoms with Crippen molar-refractivity contribution in [3.8, 4) is 11.5 Å². The van der Waals surface area contributed by atoms with Crippen molar-refractivity contribution in [2.24, 2.45) is 0 Å². The summed E-state index contributed by atoms with van der Waals surface area (Å²) in [6.07, 6.45) is 0. The van der Waals surface area contributed by atoms with E-state index in [9.17, 15) is 0 Å². The zero-order valence-corrected chi connectivity index (χ0v) is 14.0. The number of benzene rings is 2. The molecule has 1 N–H and O–H groups in total. The molecule has 0 aliphatic carbocycles. The minimum Gasteiger partial charge on any atom is -0.493 e. The summed E-state index contributed by atoms with van der Waals surface area (Å²) in [4.78, 5) is 2.43. The number of nitrogens with one attached hydrogen (secondary N) is 1. The van der Waals surface area contributed by atoms with Gasteiger partial charge in [0.1, 0.15) is 0 Å². The van der Waals surface area contributed by atoms with Crippen LogP contribution in [0.25, 0.3) is 0 Å². The summed E-state index contributed by atoms with van der Waals surface area (Å²) in [7, 11) is 3.34. The van der Waals surface area contributed by atoms with Gasteiger partial charge in [-0.3, -0.25) is 0 Å². The maximum absolute atomic E-state index is 5.43.